The minimum absolute atomic E-state index is 0.0186. The van der Waals surface area contributed by atoms with Gasteiger partial charge in [-0.2, -0.15) is 0 Å². The summed E-state index contributed by atoms with van der Waals surface area (Å²) in [7, 11) is 0. The highest BCUT2D eigenvalue weighted by Gasteiger charge is 2.63. The fourth-order valence-electron chi connectivity index (χ4n) is 5.37. The lowest BCUT2D eigenvalue weighted by Crippen LogP contribution is -2.64. The first-order chi connectivity index (χ1) is 13.5. The molecule has 1 saturated heterocycles. The van der Waals surface area contributed by atoms with Gasteiger partial charge in [0.1, 0.15) is 10.7 Å². The molecule has 3 fully saturated rings. The molecule has 0 radical (unpaired) electrons. The van der Waals surface area contributed by atoms with E-state index in [-0.39, 0.29) is 22.9 Å². The molecule has 0 aromatic carbocycles. The van der Waals surface area contributed by atoms with Crippen LogP contribution in [0.4, 0.5) is 0 Å². The first kappa shape index (κ1) is 16.7. The number of hydrogen-bond acceptors (Lipinski definition) is 5. The lowest BCUT2D eigenvalue weighted by molar-refractivity contribution is -0.149. The second kappa shape index (κ2) is 5.43. The number of hydrogen-bond donors (Lipinski definition) is 1. The van der Waals surface area contributed by atoms with Crippen LogP contribution in [0.1, 0.15) is 59.3 Å². The van der Waals surface area contributed by atoms with Gasteiger partial charge >= 0.3 is 0 Å². The van der Waals surface area contributed by atoms with Crippen molar-refractivity contribution in [3.05, 3.63) is 34.3 Å². The second-order valence-electron chi connectivity index (χ2n) is 8.97. The fraction of sp³-hybridized carbons (Fsp3) is 0.600. The van der Waals surface area contributed by atoms with E-state index in [2.05, 4.69) is 19.9 Å². The van der Waals surface area contributed by atoms with Gasteiger partial charge in [0.2, 0.25) is 5.91 Å². The van der Waals surface area contributed by atoms with Crippen LogP contribution in [0.5, 0.6) is 0 Å². The Labute approximate surface area is 167 Å². The summed E-state index contributed by atoms with van der Waals surface area (Å²) in [6.45, 7) is 3.32. The van der Waals surface area contributed by atoms with Crippen LogP contribution in [-0.2, 0) is 10.3 Å². The van der Waals surface area contributed by atoms with Crippen LogP contribution < -0.4 is 5.32 Å². The van der Waals surface area contributed by atoms with Gasteiger partial charge in [-0.25, -0.2) is 9.97 Å². The number of likely N-dealkylation sites (tertiary alicyclic amines) is 1. The molecule has 0 bridgehead atoms. The Balaban J connectivity index is 1.19. The molecule has 28 heavy (non-hydrogen) atoms. The molecule has 8 heteroatoms. The maximum atomic E-state index is 13.1. The highest BCUT2D eigenvalue weighted by atomic mass is 32.1. The van der Waals surface area contributed by atoms with Crippen molar-refractivity contribution in [1.29, 1.82) is 0 Å². The van der Waals surface area contributed by atoms with Gasteiger partial charge in [-0.05, 0) is 38.5 Å². The summed E-state index contributed by atoms with van der Waals surface area (Å²) in [6.07, 6.45) is 9.18. The molecule has 6 rings (SSSR count). The average molecular weight is 398 g/mol. The molecular formula is C20H23N5O2S. The van der Waals surface area contributed by atoms with Gasteiger partial charge in [-0.3, -0.25) is 9.59 Å². The number of rotatable bonds is 4. The Bertz CT molecular complexity index is 980. The molecule has 2 aliphatic carbocycles. The van der Waals surface area contributed by atoms with E-state index in [1.165, 1.54) is 24.2 Å². The monoisotopic (exact) mass is 397 g/mol. The van der Waals surface area contributed by atoms with Gasteiger partial charge in [0, 0.05) is 31.9 Å². The lowest BCUT2D eigenvalue weighted by Gasteiger charge is -2.50. The first-order valence-corrected chi connectivity index (χ1v) is 10.9. The van der Waals surface area contributed by atoms with Crippen molar-refractivity contribution in [3.8, 4) is 0 Å². The highest BCUT2D eigenvalue weighted by molar-refractivity contribution is 7.11. The molecule has 2 aromatic rings. The number of nitrogens with one attached hydrogen (secondary N) is 1. The van der Waals surface area contributed by atoms with Crippen molar-refractivity contribution < 1.29 is 9.59 Å². The van der Waals surface area contributed by atoms with Gasteiger partial charge < -0.3 is 14.8 Å². The number of aromatic nitrogens is 3. The van der Waals surface area contributed by atoms with Gasteiger partial charge in [-0.15, -0.1) is 11.3 Å². The molecule has 1 N–H and O–H groups in total. The number of carbonyl (C=O) groups is 2. The third-order valence-corrected chi connectivity index (χ3v) is 8.09. The summed E-state index contributed by atoms with van der Waals surface area (Å²) in [5.74, 6) is 1.81. The van der Waals surface area contributed by atoms with Crippen molar-refractivity contribution in [2.45, 2.75) is 50.6 Å². The molecule has 4 aliphatic rings. The van der Waals surface area contributed by atoms with Crippen molar-refractivity contribution >= 4 is 23.2 Å². The van der Waals surface area contributed by atoms with Crippen molar-refractivity contribution in [2.24, 2.45) is 11.3 Å². The third-order valence-electron chi connectivity index (χ3n) is 7.16. The highest BCUT2D eigenvalue weighted by Crippen LogP contribution is 2.63. The first-order valence-electron chi connectivity index (χ1n) is 10.1. The van der Waals surface area contributed by atoms with E-state index in [9.17, 15) is 9.59 Å². The van der Waals surface area contributed by atoms with Crippen LogP contribution >= 0.6 is 11.3 Å². The summed E-state index contributed by atoms with van der Waals surface area (Å²) < 4.78 is 2.19. The summed E-state index contributed by atoms with van der Waals surface area (Å²) in [5, 5.41) is 3.15. The largest absolute Gasteiger partial charge is 0.341 e. The predicted octanol–water partition coefficient (Wildman–Crippen LogP) is 2.25. The second-order valence-corrected chi connectivity index (χ2v) is 9.82. The molecule has 146 valence electrons. The van der Waals surface area contributed by atoms with E-state index < -0.39 is 0 Å². The average Bonchev–Trinajstić information content (AvgIpc) is 3.52. The van der Waals surface area contributed by atoms with Crippen LogP contribution in [0, 0.1) is 18.3 Å². The van der Waals surface area contributed by atoms with Crippen LogP contribution in [0.2, 0.25) is 0 Å². The summed E-state index contributed by atoms with van der Waals surface area (Å²) in [6, 6.07) is -0.125. The van der Waals surface area contributed by atoms with Crippen LogP contribution in [0.15, 0.2) is 17.9 Å². The van der Waals surface area contributed by atoms with Crippen molar-refractivity contribution in [1.82, 2.24) is 24.8 Å². The van der Waals surface area contributed by atoms with Crippen LogP contribution in [0.25, 0.3) is 0 Å². The zero-order valence-electron chi connectivity index (χ0n) is 15.9. The third kappa shape index (κ3) is 2.21. The van der Waals surface area contributed by atoms with E-state index >= 15 is 0 Å². The number of nitrogens with zero attached hydrogens (tertiary/aromatic N) is 4. The topological polar surface area (TPSA) is 80.1 Å². The number of carbonyl (C=O) groups excluding carboxylic acids is 2. The maximum absolute atomic E-state index is 13.1. The normalized spacial score (nSPS) is 26.0. The van der Waals surface area contributed by atoms with Gasteiger partial charge in [0.15, 0.2) is 0 Å². The molecule has 2 aliphatic heterocycles. The van der Waals surface area contributed by atoms with Gasteiger partial charge in [0.25, 0.3) is 5.91 Å². The number of amides is 2. The van der Waals surface area contributed by atoms with Crippen molar-refractivity contribution in [3.63, 3.8) is 0 Å². The Hall–Kier alpha value is -2.22. The molecule has 1 unspecified atom stereocenters. The summed E-state index contributed by atoms with van der Waals surface area (Å²) >= 11 is 1.36. The van der Waals surface area contributed by atoms with Gasteiger partial charge in [-0.1, -0.05) is 0 Å². The number of imidazole rings is 1. The molecule has 2 amide bonds. The molecule has 2 aromatic heterocycles. The Morgan fingerprint density at radius 1 is 1.25 bits per heavy atom. The Morgan fingerprint density at radius 3 is 2.68 bits per heavy atom. The quantitative estimate of drug-likeness (QED) is 0.858. The van der Waals surface area contributed by atoms with Crippen LogP contribution in [-0.4, -0.2) is 44.3 Å². The van der Waals surface area contributed by atoms with E-state index in [4.69, 9.17) is 0 Å². The molecule has 1 spiro atoms. The van der Waals surface area contributed by atoms with Crippen molar-refractivity contribution in [2.75, 3.05) is 13.1 Å². The molecule has 2 saturated carbocycles. The standard InChI is InChI=1S/C20H23N5O2S/c1-12-15(28-11-22-12)17(26)23-14-8-19(25-7-6-21-16(14)25)9-24(10-19)18(27)20(4-5-20)13-2-3-13/h6-7,11,13-14H,2-5,8-10H2,1H3,(H,23,26). The van der Waals surface area contributed by atoms with E-state index in [0.717, 1.165) is 43.9 Å². The number of fused-ring (bicyclic) bond motifs is 2. The molecular weight excluding hydrogens is 374 g/mol. The van der Waals surface area contributed by atoms with E-state index in [1.807, 2.05) is 18.0 Å². The summed E-state index contributed by atoms with van der Waals surface area (Å²) in [5.41, 5.74) is 2.32. The Kier molecular flexibility index (Phi) is 3.24. The number of thiazole rings is 1. The zero-order chi connectivity index (χ0) is 19.1. The van der Waals surface area contributed by atoms with Crippen LogP contribution in [0.3, 0.4) is 0 Å². The minimum atomic E-state index is -0.125. The lowest BCUT2D eigenvalue weighted by atomic mass is 9.84. The zero-order valence-corrected chi connectivity index (χ0v) is 16.7. The maximum Gasteiger partial charge on any atom is 0.263 e. The minimum Gasteiger partial charge on any atom is -0.341 e. The molecule has 7 nitrogen and oxygen atoms in total. The number of aryl methyl sites for hydroxylation is 1. The van der Waals surface area contributed by atoms with E-state index in [0.29, 0.717) is 16.7 Å². The van der Waals surface area contributed by atoms with Gasteiger partial charge in [0.05, 0.1) is 28.2 Å². The molecule has 1 atom stereocenters. The smallest absolute Gasteiger partial charge is 0.263 e. The Morgan fingerprint density at radius 2 is 2.04 bits per heavy atom. The SMILES string of the molecule is Cc1ncsc1C(=O)NC1CC2(CN(C(=O)C3(C4CC4)CC3)C2)n2ccnc21. The fourth-order valence-corrected chi connectivity index (χ4v) is 6.08. The predicted molar refractivity (Wildman–Crippen MR) is 103 cm³/mol. The van der Waals surface area contributed by atoms with E-state index in [1.54, 1.807) is 11.7 Å². The summed E-state index contributed by atoms with van der Waals surface area (Å²) in [4.78, 5) is 37.1. The molecule has 4 heterocycles.